The molecule has 8 nitrogen and oxygen atoms in total. The second-order valence-corrected chi connectivity index (χ2v) is 8.28. The maximum Gasteiger partial charge on any atom is 0.354 e. The van der Waals surface area contributed by atoms with Gasteiger partial charge in [-0.15, -0.1) is 0 Å². The average molecular weight is 420 g/mol. The van der Waals surface area contributed by atoms with Crippen LogP contribution in [0.5, 0.6) is 0 Å². The molecular formula is C22H33N3O5. The molecule has 1 aliphatic heterocycles. The van der Waals surface area contributed by atoms with Gasteiger partial charge in [-0.1, -0.05) is 0 Å². The van der Waals surface area contributed by atoms with Gasteiger partial charge in [-0.2, -0.15) is 0 Å². The number of ketones is 1. The number of methoxy groups -OCH3 is 1. The van der Waals surface area contributed by atoms with Crippen LogP contribution in [0.2, 0.25) is 0 Å². The lowest BCUT2D eigenvalue weighted by Gasteiger charge is -2.33. The van der Waals surface area contributed by atoms with Crippen LogP contribution >= 0.6 is 0 Å². The van der Waals surface area contributed by atoms with E-state index in [-0.39, 0.29) is 17.6 Å². The third-order valence-corrected chi connectivity index (χ3v) is 6.37. The molecule has 0 radical (unpaired) electrons. The minimum atomic E-state index is -0.593. The highest BCUT2D eigenvalue weighted by molar-refractivity contribution is 6.06. The number of morpholine rings is 1. The molecule has 0 N–H and O–H groups in total. The van der Waals surface area contributed by atoms with E-state index >= 15 is 0 Å². The van der Waals surface area contributed by atoms with E-state index in [4.69, 9.17) is 9.47 Å². The summed E-state index contributed by atoms with van der Waals surface area (Å²) in [5.74, 6) is -0.508. The molecule has 1 atom stereocenters. The molecule has 30 heavy (non-hydrogen) atoms. The lowest BCUT2D eigenvalue weighted by Crippen LogP contribution is -2.49. The standard InChI is InChI=1S/C22H33N3O5/c1-14-18(15(2)23(4)19(14)22(28)29-5)20(26)16(3)25(21(27)17-6-7-17)9-8-24-10-12-30-13-11-24/h16-17H,6-13H2,1-5H3. The molecule has 8 heteroatoms. The zero-order chi connectivity index (χ0) is 22.0. The Bertz CT molecular complexity index is 821. The van der Waals surface area contributed by atoms with Gasteiger partial charge < -0.3 is 18.9 Å². The SMILES string of the molecule is COC(=O)c1c(C)c(C(=O)C(C)N(CCN2CCOCC2)C(=O)C2CC2)c(C)n1C. The number of nitrogens with zero attached hydrogens (tertiary/aromatic N) is 3. The van der Waals surface area contributed by atoms with Gasteiger partial charge in [-0.3, -0.25) is 14.5 Å². The van der Waals surface area contributed by atoms with Gasteiger partial charge in [0.2, 0.25) is 5.91 Å². The van der Waals surface area contributed by atoms with Crippen LogP contribution < -0.4 is 0 Å². The van der Waals surface area contributed by atoms with Crippen LogP contribution in [0.3, 0.4) is 0 Å². The molecule has 1 aromatic rings. The van der Waals surface area contributed by atoms with Gasteiger partial charge in [0.1, 0.15) is 5.69 Å². The molecule has 0 spiro atoms. The number of esters is 1. The van der Waals surface area contributed by atoms with E-state index in [1.807, 2.05) is 6.92 Å². The number of hydrogen-bond acceptors (Lipinski definition) is 6. The lowest BCUT2D eigenvalue weighted by atomic mass is 9.99. The Morgan fingerprint density at radius 3 is 2.40 bits per heavy atom. The Balaban J connectivity index is 1.83. The molecule has 1 unspecified atom stereocenters. The number of rotatable bonds is 8. The fourth-order valence-corrected chi connectivity index (χ4v) is 4.21. The summed E-state index contributed by atoms with van der Waals surface area (Å²) in [5, 5.41) is 0. The van der Waals surface area contributed by atoms with Crippen LogP contribution in [0.1, 0.15) is 51.9 Å². The first-order valence-corrected chi connectivity index (χ1v) is 10.7. The number of aromatic nitrogens is 1. The fourth-order valence-electron chi connectivity index (χ4n) is 4.21. The Hall–Kier alpha value is -2.19. The van der Waals surface area contributed by atoms with Crippen LogP contribution in [-0.4, -0.2) is 84.6 Å². The maximum atomic E-state index is 13.5. The largest absolute Gasteiger partial charge is 0.464 e. The van der Waals surface area contributed by atoms with Crippen molar-refractivity contribution in [1.82, 2.24) is 14.4 Å². The van der Waals surface area contributed by atoms with E-state index in [2.05, 4.69) is 4.90 Å². The van der Waals surface area contributed by atoms with Crippen molar-refractivity contribution in [3.8, 4) is 0 Å². The van der Waals surface area contributed by atoms with E-state index in [1.165, 1.54) is 7.11 Å². The predicted molar refractivity (Wildman–Crippen MR) is 112 cm³/mol. The quantitative estimate of drug-likeness (QED) is 0.470. The number of Topliss-reactive ketones (excluding diaryl/α,β-unsaturated/α-hetero) is 1. The second kappa shape index (κ2) is 9.31. The summed E-state index contributed by atoms with van der Waals surface area (Å²) in [6, 6.07) is -0.593. The molecule has 0 aromatic carbocycles. The minimum absolute atomic E-state index is 0.0357. The molecule has 1 aromatic heterocycles. The zero-order valence-electron chi connectivity index (χ0n) is 18.7. The summed E-state index contributed by atoms with van der Waals surface area (Å²) in [4.78, 5) is 42.7. The summed E-state index contributed by atoms with van der Waals surface area (Å²) in [6.45, 7) is 9.69. The van der Waals surface area contributed by atoms with Crippen molar-refractivity contribution in [2.75, 3.05) is 46.5 Å². The highest BCUT2D eigenvalue weighted by Gasteiger charge is 2.38. The van der Waals surface area contributed by atoms with Gasteiger partial charge in [-0.05, 0) is 39.2 Å². The van der Waals surface area contributed by atoms with Crippen LogP contribution in [0.15, 0.2) is 0 Å². The van der Waals surface area contributed by atoms with Gasteiger partial charge in [0.15, 0.2) is 5.78 Å². The molecule has 0 bridgehead atoms. The molecule has 1 saturated carbocycles. The van der Waals surface area contributed by atoms with Crippen molar-refractivity contribution in [1.29, 1.82) is 0 Å². The molecule has 3 rings (SSSR count). The molecule has 166 valence electrons. The monoisotopic (exact) mass is 419 g/mol. The van der Waals surface area contributed by atoms with Crippen molar-refractivity contribution in [2.24, 2.45) is 13.0 Å². The molecule has 2 heterocycles. The molecule has 1 saturated heterocycles. The summed E-state index contributed by atoms with van der Waals surface area (Å²) in [5.41, 5.74) is 2.19. The first kappa shape index (κ1) is 22.5. The Morgan fingerprint density at radius 1 is 1.20 bits per heavy atom. The molecule has 2 fully saturated rings. The third kappa shape index (κ3) is 4.44. The zero-order valence-corrected chi connectivity index (χ0v) is 18.7. The fraction of sp³-hybridized carbons (Fsp3) is 0.682. The Morgan fingerprint density at radius 2 is 1.83 bits per heavy atom. The first-order valence-electron chi connectivity index (χ1n) is 10.7. The van der Waals surface area contributed by atoms with Crippen molar-refractivity contribution in [3.63, 3.8) is 0 Å². The lowest BCUT2D eigenvalue weighted by molar-refractivity contribution is -0.134. The van der Waals surface area contributed by atoms with Crippen LogP contribution in [0, 0.1) is 19.8 Å². The summed E-state index contributed by atoms with van der Waals surface area (Å²) >= 11 is 0. The van der Waals surface area contributed by atoms with Crippen molar-refractivity contribution >= 4 is 17.7 Å². The molecular weight excluding hydrogens is 386 g/mol. The first-order chi connectivity index (χ1) is 14.3. The Labute approximate surface area is 178 Å². The van der Waals surface area contributed by atoms with E-state index < -0.39 is 12.0 Å². The normalized spacial score (nSPS) is 18.2. The second-order valence-electron chi connectivity index (χ2n) is 8.28. The summed E-state index contributed by atoms with van der Waals surface area (Å²) in [7, 11) is 3.08. The Kier molecular flexibility index (Phi) is 6.98. The van der Waals surface area contributed by atoms with E-state index in [1.54, 1.807) is 30.4 Å². The van der Waals surface area contributed by atoms with E-state index in [0.717, 1.165) is 32.5 Å². The number of ether oxygens (including phenoxy) is 2. The third-order valence-electron chi connectivity index (χ3n) is 6.37. The van der Waals surface area contributed by atoms with Gasteiger partial charge in [0.05, 0.1) is 26.4 Å². The van der Waals surface area contributed by atoms with Crippen molar-refractivity contribution in [3.05, 3.63) is 22.5 Å². The summed E-state index contributed by atoms with van der Waals surface area (Å²) in [6.07, 6.45) is 1.79. The minimum Gasteiger partial charge on any atom is -0.464 e. The highest BCUT2D eigenvalue weighted by atomic mass is 16.5. The smallest absolute Gasteiger partial charge is 0.354 e. The van der Waals surface area contributed by atoms with E-state index in [0.29, 0.717) is 42.3 Å². The van der Waals surface area contributed by atoms with Gasteiger partial charge in [0.25, 0.3) is 0 Å². The predicted octanol–water partition coefficient (Wildman–Crippen LogP) is 1.57. The highest BCUT2D eigenvalue weighted by Crippen LogP contribution is 2.32. The number of carbonyl (C=O) groups excluding carboxylic acids is 3. The number of hydrogen-bond donors (Lipinski definition) is 0. The van der Waals surface area contributed by atoms with Crippen LogP contribution in [0.4, 0.5) is 0 Å². The number of amides is 1. The average Bonchev–Trinajstić information content (AvgIpc) is 3.56. The molecule has 1 amide bonds. The van der Waals surface area contributed by atoms with Gasteiger partial charge >= 0.3 is 5.97 Å². The van der Waals surface area contributed by atoms with E-state index in [9.17, 15) is 14.4 Å². The van der Waals surface area contributed by atoms with Crippen molar-refractivity contribution < 1.29 is 23.9 Å². The summed E-state index contributed by atoms with van der Waals surface area (Å²) < 4.78 is 12.0. The number of carbonyl (C=O) groups is 3. The van der Waals surface area contributed by atoms with Crippen LogP contribution in [-0.2, 0) is 21.3 Å². The van der Waals surface area contributed by atoms with Crippen LogP contribution in [0.25, 0.3) is 0 Å². The molecule has 1 aliphatic carbocycles. The maximum absolute atomic E-state index is 13.5. The topological polar surface area (TPSA) is 81.1 Å². The van der Waals surface area contributed by atoms with Crippen molar-refractivity contribution in [2.45, 2.75) is 39.7 Å². The van der Waals surface area contributed by atoms with Gasteiger partial charge in [0, 0.05) is 50.4 Å². The molecule has 2 aliphatic rings. The van der Waals surface area contributed by atoms with Gasteiger partial charge in [-0.25, -0.2) is 4.79 Å².